The van der Waals surface area contributed by atoms with Crippen molar-refractivity contribution in [1.29, 1.82) is 0 Å². The molecule has 0 aliphatic carbocycles. The fraction of sp³-hybridized carbons (Fsp3) is 0.250. The van der Waals surface area contributed by atoms with Gasteiger partial charge in [0.1, 0.15) is 6.17 Å². The summed E-state index contributed by atoms with van der Waals surface area (Å²) in [5, 5.41) is 13.0. The Labute approximate surface area is 142 Å². The van der Waals surface area contributed by atoms with Gasteiger partial charge >= 0.3 is 0 Å². The SMILES string of the molecule is CC(C)(C)c1ccc(N2C(=O)C(O)=CNC2c2ccccc2)cc1. The Bertz CT molecular complexity index is 758. The van der Waals surface area contributed by atoms with E-state index in [9.17, 15) is 9.90 Å². The summed E-state index contributed by atoms with van der Waals surface area (Å²) in [7, 11) is 0. The molecular weight excluding hydrogens is 300 g/mol. The molecule has 0 spiro atoms. The van der Waals surface area contributed by atoms with Crippen LogP contribution >= 0.6 is 0 Å². The van der Waals surface area contributed by atoms with E-state index in [1.807, 2.05) is 54.6 Å². The van der Waals surface area contributed by atoms with Gasteiger partial charge in [-0.2, -0.15) is 0 Å². The summed E-state index contributed by atoms with van der Waals surface area (Å²) in [5.74, 6) is -0.701. The van der Waals surface area contributed by atoms with E-state index in [2.05, 4.69) is 26.1 Å². The van der Waals surface area contributed by atoms with E-state index >= 15 is 0 Å². The van der Waals surface area contributed by atoms with Crippen LogP contribution in [0.3, 0.4) is 0 Å². The van der Waals surface area contributed by atoms with Crippen LogP contribution in [0.15, 0.2) is 66.6 Å². The molecule has 1 atom stereocenters. The number of hydrogen-bond donors (Lipinski definition) is 2. The lowest BCUT2D eigenvalue weighted by Gasteiger charge is -2.35. The van der Waals surface area contributed by atoms with Crippen LogP contribution in [0.1, 0.15) is 38.1 Å². The summed E-state index contributed by atoms with van der Waals surface area (Å²) in [4.78, 5) is 14.1. The van der Waals surface area contributed by atoms with Gasteiger partial charge in [0, 0.05) is 11.9 Å². The Morgan fingerprint density at radius 3 is 2.21 bits per heavy atom. The van der Waals surface area contributed by atoms with E-state index in [4.69, 9.17) is 0 Å². The molecule has 24 heavy (non-hydrogen) atoms. The number of amides is 1. The minimum atomic E-state index is -0.411. The molecular formula is C20H22N2O2. The molecule has 124 valence electrons. The summed E-state index contributed by atoms with van der Waals surface area (Å²) in [6.45, 7) is 6.45. The smallest absolute Gasteiger partial charge is 0.296 e. The molecule has 1 aliphatic heterocycles. The Morgan fingerprint density at radius 2 is 1.62 bits per heavy atom. The number of carbonyl (C=O) groups excluding carboxylic acids is 1. The van der Waals surface area contributed by atoms with Gasteiger partial charge in [-0.1, -0.05) is 63.2 Å². The molecule has 2 N–H and O–H groups in total. The van der Waals surface area contributed by atoms with Crippen LogP contribution < -0.4 is 10.2 Å². The zero-order valence-corrected chi connectivity index (χ0v) is 14.2. The second kappa shape index (κ2) is 6.04. The lowest BCUT2D eigenvalue weighted by molar-refractivity contribution is -0.118. The first-order valence-corrected chi connectivity index (χ1v) is 8.02. The summed E-state index contributed by atoms with van der Waals surface area (Å²) < 4.78 is 0. The molecule has 0 radical (unpaired) electrons. The molecule has 2 aromatic rings. The molecule has 4 nitrogen and oxygen atoms in total. The Hall–Kier alpha value is -2.75. The maximum absolute atomic E-state index is 12.6. The van der Waals surface area contributed by atoms with Crippen molar-refractivity contribution in [3.8, 4) is 0 Å². The Balaban J connectivity index is 2.01. The number of anilines is 1. The highest BCUT2D eigenvalue weighted by Crippen LogP contribution is 2.31. The third-order valence-corrected chi connectivity index (χ3v) is 4.20. The average molecular weight is 322 g/mol. The highest BCUT2D eigenvalue weighted by Gasteiger charge is 2.32. The number of aliphatic hydroxyl groups is 1. The number of benzene rings is 2. The van der Waals surface area contributed by atoms with Crippen molar-refractivity contribution < 1.29 is 9.90 Å². The van der Waals surface area contributed by atoms with E-state index < -0.39 is 5.91 Å². The predicted octanol–water partition coefficient (Wildman–Crippen LogP) is 4.02. The quantitative estimate of drug-likeness (QED) is 0.878. The van der Waals surface area contributed by atoms with Gasteiger partial charge < -0.3 is 10.4 Å². The Kier molecular flexibility index (Phi) is 4.06. The average Bonchev–Trinajstić information content (AvgIpc) is 2.57. The number of hydrogen-bond acceptors (Lipinski definition) is 3. The van der Waals surface area contributed by atoms with E-state index in [1.165, 1.54) is 11.8 Å². The highest BCUT2D eigenvalue weighted by atomic mass is 16.3. The van der Waals surface area contributed by atoms with Crippen LogP contribution in [0, 0.1) is 0 Å². The molecule has 0 saturated carbocycles. The molecule has 0 saturated heterocycles. The van der Waals surface area contributed by atoms with Crippen molar-refractivity contribution in [1.82, 2.24) is 5.32 Å². The molecule has 1 amide bonds. The first kappa shape index (κ1) is 16.1. The van der Waals surface area contributed by atoms with Crippen LogP contribution in [0.2, 0.25) is 0 Å². The molecule has 3 rings (SSSR count). The van der Waals surface area contributed by atoms with E-state index in [-0.39, 0.29) is 17.3 Å². The monoisotopic (exact) mass is 322 g/mol. The fourth-order valence-electron chi connectivity index (χ4n) is 2.80. The van der Waals surface area contributed by atoms with Crippen LogP contribution in [0.25, 0.3) is 0 Å². The molecule has 0 bridgehead atoms. The maximum Gasteiger partial charge on any atom is 0.296 e. The van der Waals surface area contributed by atoms with E-state index in [0.29, 0.717) is 0 Å². The van der Waals surface area contributed by atoms with Gasteiger partial charge in [-0.15, -0.1) is 0 Å². The van der Waals surface area contributed by atoms with Gasteiger partial charge in [-0.3, -0.25) is 9.69 Å². The molecule has 1 heterocycles. The summed E-state index contributed by atoms with van der Waals surface area (Å²) in [6, 6.07) is 17.6. The fourth-order valence-corrected chi connectivity index (χ4v) is 2.80. The van der Waals surface area contributed by atoms with Crippen molar-refractivity contribution in [2.75, 3.05) is 4.90 Å². The Morgan fingerprint density at radius 1 is 1.00 bits per heavy atom. The van der Waals surface area contributed by atoms with Gasteiger partial charge in [0.05, 0.1) is 0 Å². The minimum absolute atomic E-state index is 0.0452. The standard InChI is InChI=1S/C20H22N2O2/c1-20(2,3)15-9-11-16(12-10-15)22-18(14-7-5-4-6-8-14)21-13-17(23)19(22)24/h4-13,18,21,23H,1-3H3. The normalized spacial score (nSPS) is 18.1. The zero-order chi connectivity index (χ0) is 17.3. The maximum atomic E-state index is 12.6. The van der Waals surface area contributed by atoms with Crippen LogP contribution in [0.5, 0.6) is 0 Å². The number of nitrogens with one attached hydrogen (secondary N) is 1. The molecule has 0 fully saturated rings. The number of nitrogens with zero attached hydrogens (tertiary/aromatic N) is 1. The van der Waals surface area contributed by atoms with Gasteiger partial charge in [0.25, 0.3) is 5.91 Å². The van der Waals surface area contributed by atoms with Gasteiger partial charge in [-0.05, 0) is 28.7 Å². The second-order valence-corrected chi connectivity index (χ2v) is 6.98. The highest BCUT2D eigenvalue weighted by molar-refractivity contribution is 6.05. The number of rotatable bonds is 2. The number of aliphatic hydroxyl groups excluding tert-OH is 1. The molecule has 1 unspecified atom stereocenters. The van der Waals surface area contributed by atoms with Crippen molar-refractivity contribution in [2.24, 2.45) is 0 Å². The van der Waals surface area contributed by atoms with Gasteiger partial charge in [0.2, 0.25) is 0 Å². The van der Waals surface area contributed by atoms with Crippen molar-refractivity contribution in [2.45, 2.75) is 32.4 Å². The lowest BCUT2D eigenvalue weighted by atomic mass is 9.87. The van der Waals surface area contributed by atoms with Crippen LogP contribution in [-0.2, 0) is 10.2 Å². The van der Waals surface area contributed by atoms with Crippen molar-refractivity contribution in [3.05, 3.63) is 77.7 Å². The van der Waals surface area contributed by atoms with Crippen LogP contribution in [0.4, 0.5) is 5.69 Å². The first-order chi connectivity index (χ1) is 11.4. The molecule has 4 heteroatoms. The predicted molar refractivity (Wildman–Crippen MR) is 95.7 cm³/mol. The minimum Gasteiger partial charge on any atom is -0.502 e. The summed E-state index contributed by atoms with van der Waals surface area (Å²) >= 11 is 0. The largest absolute Gasteiger partial charge is 0.502 e. The zero-order valence-electron chi connectivity index (χ0n) is 14.2. The lowest BCUT2D eigenvalue weighted by Crippen LogP contribution is -2.45. The number of carbonyl (C=O) groups is 1. The van der Waals surface area contributed by atoms with Crippen LogP contribution in [-0.4, -0.2) is 11.0 Å². The van der Waals surface area contributed by atoms with E-state index in [1.54, 1.807) is 4.90 Å². The topological polar surface area (TPSA) is 52.6 Å². The van der Waals surface area contributed by atoms with Gasteiger partial charge in [-0.25, -0.2) is 0 Å². The van der Waals surface area contributed by atoms with Crippen molar-refractivity contribution >= 4 is 11.6 Å². The summed E-state index contributed by atoms with van der Waals surface area (Å²) in [5.41, 5.74) is 2.94. The second-order valence-electron chi connectivity index (χ2n) is 6.98. The first-order valence-electron chi connectivity index (χ1n) is 8.02. The van der Waals surface area contributed by atoms with Gasteiger partial charge in [0.15, 0.2) is 5.76 Å². The molecule has 1 aliphatic rings. The van der Waals surface area contributed by atoms with E-state index in [0.717, 1.165) is 11.3 Å². The summed E-state index contributed by atoms with van der Waals surface area (Å²) in [6.07, 6.45) is 1.01. The third kappa shape index (κ3) is 3.00. The molecule has 2 aromatic carbocycles. The third-order valence-electron chi connectivity index (χ3n) is 4.20. The van der Waals surface area contributed by atoms with Crippen molar-refractivity contribution in [3.63, 3.8) is 0 Å². The molecule has 0 aromatic heterocycles.